The van der Waals surface area contributed by atoms with E-state index in [4.69, 9.17) is 0 Å². The molecule has 0 saturated carbocycles. The molecule has 2 heterocycles. The van der Waals surface area contributed by atoms with Crippen LogP contribution in [-0.2, 0) is 27.1 Å². The zero-order valence-corrected chi connectivity index (χ0v) is 41.9. The number of nitrogens with zero attached hydrogens (tertiary/aromatic N) is 1. The Morgan fingerprint density at radius 1 is 0.456 bits per heavy atom. The van der Waals surface area contributed by atoms with Gasteiger partial charge >= 0.3 is 0 Å². The van der Waals surface area contributed by atoms with Crippen molar-refractivity contribution in [1.82, 2.24) is 4.57 Å². The van der Waals surface area contributed by atoms with E-state index < -0.39 is 0 Å². The Labute approximate surface area is 403 Å². The summed E-state index contributed by atoms with van der Waals surface area (Å²) < 4.78 is 2.67. The van der Waals surface area contributed by atoms with E-state index in [1.807, 2.05) is 0 Å². The smallest absolute Gasteiger partial charge is 0.198 e. The molecule has 9 aromatic rings. The van der Waals surface area contributed by atoms with Crippen molar-refractivity contribution in [2.24, 2.45) is 0 Å². The van der Waals surface area contributed by atoms with Crippen molar-refractivity contribution in [3.63, 3.8) is 0 Å². The van der Waals surface area contributed by atoms with E-state index >= 15 is 0 Å². The monoisotopic (exact) mass is 880 g/mol. The van der Waals surface area contributed by atoms with E-state index in [1.54, 1.807) is 0 Å². The van der Waals surface area contributed by atoms with Crippen LogP contribution in [0.25, 0.3) is 72.0 Å². The molecular formula is C65H61BN2. The first-order valence-electron chi connectivity index (χ1n) is 25.0. The number of nitrogens with one attached hydrogen (secondary N) is 1. The van der Waals surface area contributed by atoms with Gasteiger partial charge in [0.2, 0.25) is 0 Å². The Balaban J connectivity index is 1.11. The summed E-state index contributed by atoms with van der Waals surface area (Å²) in [7, 11) is 0.843. The predicted octanol–water partition coefficient (Wildman–Crippen LogP) is 15.4. The van der Waals surface area contributed by atoms with Gasteiger partial charge in [-0.25, -0.2) is 0 Å². The molecule has 0 unspecified atom stereocenters. The lowest BCUT2D eigenvalue weighted by Gasteiger charge is -2.28. The number of fused-ring (bicyclic) bond motifs is 15. The van der Waals surface area contributed by atoms with Crippen LogP contribution < -0.4 is 16.2 Å². The van der Waals surface area contributed by atoms with Gasteiger partial charge < -0.3 is 9.88 Å². The minimum Gasteiger partial charge on any atom is -0.355 e. The van der Waals surface area contributed by atoms with Crippen LogP contribution in [0.4, 0.5) is 11.4 Å². The Kier molecular flexibility index (Phi) is 8.17. The first-order chi connectivity index (χ1) is 32.2. The molecule has 0 amide bonds. The third kappa shape index (κ3) is 5.48. The Hall–Kier alpha value is -6.58. The van der Waals surface area contributed by atoms with E-state index in [0.717, 1.165) is 18.7 Å². The fourth-order valence-corrected chi connectivity index (χ4v) is 13.2. The fourth-order valence-electron chi connectivity index (χ4n) is 13.2. The minimum atomic E-state index is -0.171. The first-order valence-corrected chi connectivity index (χ1v) is 25.0. The fraction of sp³-hybridized carbons (Fsp3) is 0.262. The average molecular weight is 881 g/mol. The third-order valence-electron chi connectivity index (χ3n) is 17.1. The highest BCUT2D eigenvalue weighted by molar-refractivity contribution is 6.73. The molecule has 13 rings (SSSR count). The van der Waals surface area contributed by atoms with Crippen molar-refractivity contribution in [3.8, 4) is 50.2 Å². The van der Waals surface area contributed by atoms with Gasteiger partial charge in [0.1, 0.15) is 0 Å². The summed E-state index contributed by atoms with van der Waals surface area (Å²) in [6.45, 7) is 28.4. The largest absolute Gasteiger partial charge is 0.355 e. The van der Waals surface area contributed by atoms with Crippen LogP contribution in [0.1, 0.15) is 128 Å². The second kappa shape index (κ2) is 13.4. The lowest BCUT2D eigenvalue weighted by Crippen LogP contribution is -2.38. The molecule has 1 aromatic heterocycles. The highest BCUT2D eigenvalue weighted by Crippen LogP contribution is 2.56. The molecular weight excluding hydrogens is 820 g/mol. The van der Waals surface area contributed by atoms with Crippen molar-refractivity contribution >= 4 is 51.4 Å². The van der Waals surface area contributed by atoms with E-state index in [2.05, 4.69) is 232 Å². The molecule has 3 aliphatic carbocycles. The zero-order valence-electron chi connectivity index (χ0n) is 41.9. The summed E-state index contributed by atoms with van der Waals surface area (Å²) >= 11 is 0. The Morgan fingerprint density at radius 2 is 1.03 bits per heavy atom. The second-order valence-corrected chi connectivity index (χ2v) is 24.3. The maximum absolute atomic E-state index is 4.06. The lowest BCUT2D eigenvalue weighted by molar-refractivity contribution is 0.584. The van der Waals surface area contributed by atoms with Crippen LogP contribution >= 0.6 is 0 Å². The van der Waals surface area contributed by atoms with Crippen molar-refractivity contribution in [3.05, 3.63) is 184 Å². The number of hydrogen-bond donors (Lipinski definition) is 1. The number of aromatic nitrogens is 1. The van der Waals surface area contributed by atoms with Crippen molar-refractivity contribution in [2.75, 3.05) is 5.32 Å². The van der Waals surface area contributed by atoms with Crippen molar-refractivity contribution < 1.29 is 0 Å². The lowest BCUT2D eigenvalue weighted by atomic mass is 9.58. The molecule has 3 heteroatoms. The Morgan fingerprint density at radius 3 is 1.75 bits per heavy atom. The van der Waals surface area contributed by atoms with Gasteiger partial charge in [-0.2, -0.15) is 0 Å². The molecule has 1 N–H and O–H groups in total. The zero-order chi connectivity index (χ0) is 47.2. The number of hydrogen-bond acceptors (Lipinski definition) is 1. The standard InChI is InChI=1S/C65H61BN2/c1-61(2,3)36-21-24-38(25-22-36)67-54-35-52-44(40-26-23-37(62(4,5)6)31-50(40)65(52,11)12)32-46(54)41-27-28-43-58-55(30-29-49-57(58)42-18-14-16-20-48(42)63(49,7)8)68-56-33-45-39-17-13-15-19-47(39)64(9,10)51(45)34-53(56)66-59(41)60(43)68/h13-35,66-67H,1-12H3. The highest BCUT2D eigenvalue weighted by Gasteiger charge is 2.42. The summed E-state index contributed by atoms with van der Waals surface area (Å²) in [4.78, 5) is 0. The van der Waals surface area contributed by atoms with Gasteiger partial charge in [0, 0.05) is 55.2 Å². The molecule has 0 fully saturated rings. The number of benzene rings is 8. The normalized spacial score (nSPS) is 16.1. The van der Waals surface area contributed by atoms with Crippen LogP contribution in [-0.4, -0.2) is 11.8 Å². The van der Waals surface area contributed by atoms with Gasteiger partial charge in [0.25, 0.3) is 0 Å². The summed E-state index contributed by atoms with van der Waals surface area (Å²) in [6.07, 6.45) is 0. The maximum atomic E-state index is 4.06. The molecule has 68 heavy (non-hydrogen) atoms. The van der Waals surface area contributed by atoms with Crippen LogP contribution in [0.5, 0.6) is 0 Å². The SMILES string of the molecule is CC(C)(C)c1ccc(Nc2cc3c(cc2-c2ccc4c5c6c(ccc5n5c4c2Bc2cc4c(cc2-5)-c2ccccc2C4(C)C)C(C)(C)c2ccccc2-6)-c2ccc(C(C)(C)C)cc2C3(C)C)cc1. The molecule has 0 spiro atoms. The minimum absolute atomic E-state index is 0.0554. The van der Waals surface area contributed by atoms with Gasteiger partial charge in [-0.05, 0) is 136 Å². The van der Waals surface area contributed by atoms with Crippen LogP contribution in [0.15, 0.2) is 140 Å². The third-order valence-corrected chi connectivity index (χ3v) is 17.1. The Bertz CT molecular complexity index is 3710. The summed E-state index contributed by atoms with van der Waals surface area (Å²) in [5.74, 6) is 0. The van der Waals surface area contributed by atoms with Crippen LogP contribution in [0.3, 0.4) is 0 Å². The van der Waals surface area contributed by atoms with Gasteiger partial charge in [-0.1, -0.05) is 192 Å². The van der Waals surface area contributed by atoms with Crippen LogP contribution in [0, 0.1) is 0 Å². The van der Waals surface area contributed by atoms with Gasteiger partial charge in [0.05, 0.1) is 5.52 Å². The second-order valence-electron chi connectivity index (χ2n) is 24.3. The molecule has 334 valence electrons. The van der Waals surface area contributed by atoms with E-state index in [0.29, 0.717) is 0 Å². The molecule has 0 bridgehead atoms. The summed E-state index contributed by atoms with van der Waals surface area (Å²) in [5, 5.41) is 6.77. The van der Waals surface area contributed by atoms with Gasteiger partial charge in [-0.15, -0.1) is 0 Å². The molecule has 0 radical (unpaired) electrons. The van der Waals surface area contributed by atoms with Gasteiger partial charge in [0.15, 0.2) is 7.28 Å². The molecule has 1 aliphatic heterocycles. The maximum Gasteiger partial charge on any atom is 0.198 e. The quantitative estimate of drug-likeness (QED) is 0.175. The predicted molar refractivity (Wildman–Crippen MR) is 292 cm³/mol. The molecule has 4 aliphatic rings. The summed E-state index contributed by atoms with van der Waals surface area (Å²) in [6, 6.07) is 54.7. The molecule has 2 nitrogen and oxygen atoms in total. The van der Waals surface area contributed by atoms with E-state index in [1.165, 1.54) is 127 Å². The molecule has 8 aromatic carbocycles. The van der Waals surface area contributed by atoms with E-state index in [9.17, 15) is 0 Å². The molecule has 0 atom stereocenters. The molecule has 0 saturated heterocycles. The topological polar surface area (TPSA) is 17.0 Å². The van der Waals surface area contributed by atoms with E-state index in [-0.39, 0.29) is 27.1 Å². The number of anilines is 2. The van der Waals surface area contributed by atoms with Crippen molar-refractivity contribution in [1.29, 1.82) is 0 Å². The highest BCUT2D eigenvalue weighted by atomic mass is 15.0. The summed E-state index contributed by atoms with van der Waals surface area (Å²) in [5.41, 5.74) is 30.6. The van der Waals surface area contributed by atoms with Crippen LogP contribution in [0.2, 0.25) is 0 Å². The number of rotatable bonds is 3. The average Bonchev–Trinajstić information content (AvgIpc) is 3.92. The van der Waals surface area contributed by atoms with Gasteiger partial charge in [-0.3, -0.25) is 0 Å². The first kappa shape index (κ1) is 41.6. The van der Waals surface area contributed by atoms with Crippen molar-refractivity contribution in [2.45, 2.75) is 110 Å².